The molecule has 1 amide bonds. The predicted molar refractivity (Wildman–Crippen MR) is 111 cm³/mol. The standard InChI is InChI=1S/C22H20N2O3S/c1-15-11-12-20-18(13-15)17-8-4-6-10-21(17)28(26,27)24(20)14-22(25)23-19-9-5-3-7-16(19)2/h3-13H,14H2,1-2H3,(H,23,25). The first kappa shape index (κ1) is 18.3. The topological polar surface area (TPSA) is 66.5 Å². The maximum Gasteiger partial charge on any atom is 0.265 e. The van der Waals surface area contributed by atoms with Gasteiger partial charge in [0, 0.05) is 16.8 Å². The van der Waals surface area contributed by atoms with Crippen LogP contribution in [0.2, 0.25) is 0 Å². The average molecular weight is 392 g/mol. The second kappa shape index (κ2) is 6.80. The third kappa shape index (κ3) is 3.05. The number of aryl methyl sites for hydroxylation is 2. The van der Waals surface area contributed by atoms with Crippen molar-refractivity contribution in [2.24, 2.45) is 0 Å². The Labute approximate surface area is 164 Å². The monoisotopic (exact) mass is 392 g/mol. The van der Waals surface area contributed by atoms with E-state index in [4.69, 9.17) is 0 Å². The quantitative estimate of drug-likeness (QED) is 0.729. The highest BCUT2D eigenvalue weighted by molar-refractivity contribution is 7.93. The number of para-hydroxylation sites is 1. The normalized spacial score (nSPS) is 14.1. The summed E-state index contributed by atoms with van der Waals surface area (Å²) in [4.78, 5) is 12.9. The van der Waals surface area contributed by atoms with Crippen molar-refractivity contribution in [1.82, 2.24) is 0 Å². The van der Waals surface area contributed by atoms with Gasteiger partial charge in [-0.15, -0.1) is 0 Å². The number of hydrogen-bond donors (Lipinski definition) is 1. The minimum absolute atomic E-state index is 0.219. The number of anilines is 2. The molecule has 0 spiro atoms. The van der Waals surface area contributed by atoms with Crippen molar-refractivity contribution in [1.29, 1.82) is 0 Å². The number of nitrogens with one attached hydrogen (secondary N) is 1. The van der Waals surface area contributed by atoms with Crippen molar-refractivity contribution >= 4 is 27.3 Å². The number of carbonyl (C=O) groups excluding carboxylic acids is 1. The van der Waals surface area contributed by atoms with E-state index in [0.29, 0.717) is 16.9 Å². The zero-order valence-electron chi connectivity index (χ0n) is 15.6. The molecular formula is C22H20N2O3S. The Bertz CT molecular complexity index is 1190. The lowest BCUT2D eigenvalue weighted by molar-refractivity contribution is -0.114. The first-order chi connectivity index (χ1) is 13.4. The van der Waals surface area contributed by atoms with E-state index < -0.39 is 10.0 Å². The van der Waals surface area contributed by atoms with Crippen LogP contribution in [-0.4, -0.2) is 20.9 Å². The van der Waals surface area contributed by atoms with Crippen LogP contribution in [0.5, 0.6) is 0 Å². The van der Waals surface area contributed by atoms with Crippen molar-refractivity contribution < 1.29 is 13.2 Å². The summed E-state index contributed by atoms with van der Waals surface area (Å²) in [7, 11) is -3.83. The van der Waals surface area contributed by atoms with Crippen LogP contribution in [0, 0.1) is 13.8 Å². The largest absolute Gasteiger partial charge is 0.324 e. The molecule has 5 nitrogen and oxygen atoms in total. The summed E-state index contributed by atoms with van der Waals surface area (Å²) in [5.41, 5.74) is 4.61. The van der Waals surface area contributed by atoms with Gasteiger partial charge in [0.2, 0.25) is 5.91 Å². The van der Waals surface area contributed by atoms with Gasteiger partial charge in [0.1, 0.15) is 6.54 Å². The highest BCUT2D eigenvalue weighted by Gasteiger charge is 2.35. The number of sulfonamides is 1. The SMILES string of the molecule is Cc1ccc2c(c1)-c1ccccc1S(=O)(=O)N2CC(=O)Nc1ccccc1C. The molecule has 0 bridgehead atoms. The van der Waals surface area contributed by atoms with Crippen LogP contribution in [0.15, 0.2) is 71.6 Å². The molecule has 0 aromatic heterocycles. The molecule has 1 aliphatic heterocycles. The Morgan fingerprint density at radius 3 is 2.43 bits per heavy atom. The fourth-order valence-corrected chi connectivity index (χ4v) is 5.10. The Morgan fingerprint density at radius 2 is 1.64 bits per heavy atom. The van der Waals surface area contributed by atoms with Crippen molar-refractivity contribution in [2.75, 3.05) is 16.2 Å². The van der Waals surface area contributed by atoms with Gasteiger partial charge >= 0.3 is 0 Å². The first-order valence-electron chi connectivity index (χ1n) is 8.96. The molecule has 0 fully saturated rings. The number of benzene rings is 3. The third-order valence-electron chi connectivity index (χ3n) is 4.87. The van der Waals surface area contributed by atoms with Crippen LogP contribution in [0.1, 0.15) is 11.1 Å². The Balaban J connectivity index is 1.75. The molecule has 28 heavy (non-hydrogen) atoms. The number of amides is 1. The lowest BCUT2D eigenvalue weighted by atomic mass is 10.0. The molecule has 0 unspecified atom stereocenters. The molecule has 0 atom stereocenters. The second-order valence-corrected chi connectivity index (χ2v) is 8.72. The average Bonchev–Trinajstić information content (AvgIpc) is 2.67. The van der Waals surface area contributed by atoms with Gasteiger partial charge in [0.25, 0.3) is 10.0 Å². The summed E-state index contributed by atoms with van der Waals surface area (Å²) < 4.78 is 27.7. The molecule has 0 radical (unpaired) electrons. The Hall–Kier alpha value is -3.12. The number of nitrogens with zero attached hydrogens (tertiary/aromatic N) is 1. The fraction of sp³-hybridized carbons (Fsp3) is 0.136. The number of carbonyl (C=O) groups is 1. The first-order valence-corrected chi connectivity index (χ1v) is 10.4. The van der Waals surface area contributed by atoms with Crippen LogP contribution in [-0.2, 0) is 14.8 Å². The van der Waals surface area contributed by atoms with E-state index in [2.05, 4.69) is 5.32 Å². The minimum Gasteiger partial charge on any atom is -0.324 e. The zero-order chi connectivity index (χ0) is 19.9. The summed E-state index contributed by atoms with van der Waals surface area (Å²) in [6, 6.07) is 19.9. The van der Waals surface area contributed by atoms with Crippen molar-refractivity contribution in [3.05, 3.63) is 77.9 Å². The molecule has 142 valence electrons. The minimum atomic E-state index is -3.83. The van der Waals surface area contributed by atoms with Crippen LogP contribution < -0.4 is 9.62 Å². The van der Waals surface area contributed by atoms with Crippen LogP contribution in [0.4, 0.5) is 11.4 Å². The Kier molecular flexibility index (Phi) is 4.43. The molecule has 3 aromatic carbocycles. The van der Waals surface area contributed by atoms with E-state index in [1.165, 1.54) is 4.31 Å². The molecular weight excluding hydrogens is 372 g/mol. The van der Waals surface area contributed by atoms with Crippen LogP contribution in [0.3, 0.4) is 0 Å². The summed E-state index contributed by atoms with van der Waals surface area (Å²) in [5.74, 6) is -0.385. The molecule has 1 N–H and O–H groups in total. The van der Waals surface area contributed by atoms with E-state index in [1.807, 2.05) is 50.2 Å². The van der Waals surface area contributed by atoms with Crippen LogP contribution in [0.25, 0.3) is 11.1 Å². The lowest BCUT2D eigenvalue weighted by Crippen LogP contribution is -2.40. The molecule has 1 heterocycles. The van der Waals surface area contributed by atoms with Gasteiger partial charge in [0.05, 0.1) is 10.6 Å². The molecule has 3 aromatic rings. The van der Waals surface area contributed by atoms with Gasteiger partial charge in [-0.2, -0.15) is 0 Å². The van der Waals surface area contributed by atoms with E-state index >= 15 is 0 Å². The van der Waals surface area contributed by atoms with Gasteiger partial charge < -0.3 is 5.32 Å². The molecule has 4 rings (SSSR count). The van der Waals surface area contributed by atoms with Crippen molar-refractivity contribution in [3.63, 3.8) is 0 Å². The smallest absolute Gasteiger partial charge is 0.265 e. The fourth-order valence-electron chi connectivity index (χ4n) is 3.45. The van der Waals surface area contributed by atoms with E-state index in [1.54, 1.807) is 30.3 Å². The van der Waals surface area contributed by atoms with Crippen molar-refractivity contribution in [3.8, 4) is 11.1 Å². The molecule has 1 aliphatic rings. The molecule has 6 heteroatoms. The predicted octanol–water partition coefficient (Wildman–Crippen LogP) is 4.12. The number of fused-ring (bicyclic) bond motifs is 3. The second-order valence-electron chi connectivity index (χ2n) is 6.89. The summed E-state index contributed by atoms with van der Waals surface area (Å²) in [6.07, 6.45) is 0. The maximum absolute atomic E-state index is 13.3. The molecule has 0 saturated carbocycles. The van der Waals surface area contributed by atoms with Gasteiger partial charge in [0.15, 0.2) is 0 Å². The summed E-state index contributed by atoms with van der Waals surface area (Å²) in [6.45, 7) is 3.56. The van der Waals surface area contributed by atoms with E-state index in [9.17, 15) is 13.2 Å². The Morgan fingerprint density at radius 1 is 0.929 bits per heavy atom. The van der Waals surface area contributed by atoms with Crippen molar-refractivity contribution in [2.45, 2.75) is 18.7 Å². The van der Waals surface area contributed by atoms with Gasteiger partial charge in [-0.3, -0.25) is 9.10 Å². The van der Waals surface area contributed by atoms with Crippen LogP contribution >= 0.6 is 0 Å². The van der Waals surface area contributed by atoms with Gasteiger partial charge in [-0.25, -0.2) is 8.42 Å². The van der Waals surface area contributed by atoms with Gasteiger partial charge in [-0.1, -0.05) is 48.0 Å². The van der Waals surface area contributed by atoms with Gasteiger partial charge in [-0.05, 0) is 43.7 Å². The van der Waals surface area contributed by atoms with E-state index in [-0.39, 0.29) is 17.3 Å². The maximum atomic E-state index is 13.3. The number of hydrogen-bond acceptors (Lipinski definition) is 3. The summed E-state index contributed by atoms with van der Waals surface area (Å²) >= 11 is 0. The third-order valence-corrected chi connectivity index (χ3v) is 6.69. The number of rotatable bonds is 3. The zero-order valence-corrected chi connectivity index (χ0v) is 16.5. The molecule has 0 saturated heterocycles. The molecule has 0 aliphatic carbocycles. The highest BCUT2D eigenvalue weighted by atomic mass is 32.2. The summed E-state index contributed by atoms with van der Waals surface area (Å²) in [5, 5.41) is 2.82. The lowest BCUT2D eigenvalue weighted by Gasteiger charge is -2.32. The van der Waals surface area contributed by atoms with E-state index in [0.717, 1.165) is 16.7 Å². The highest BCUT2D eigenvalue weighted by Crippen LogP contribution is 2.43.